The molecule has 4 atom stereocenters. The average Bonchev–Trinajstić information content (AvgIpc) is 2.86. The molecule has 4 aliphatic rings. The molecule has 4 unspecified atom stereocenters. The Morgan fingerprint density at radius 2 is 1.86 bits per heavy atom. The van der Waals surface area contributed by atoms with Crippen molar-refractivity contribution in [2.45, 2.75) is 77.5 Å². The van der Waals surface area contributed by atoms with Gasteiger partial charge in [-0.05, 0) is 64.2 Å². The van der Waals surface area contributed by atoms with E-state index in [1.54, 1.807) is 0 Å². The molecular weight excluding hydrogens is 368 g/mol. The standard InChI is InChI=1S/C22H40N4O3/c1-15(2)13-26-14-16-10-22(11-18(26)17(16)12-25-22)19(27)23-8-6-7-9-24-20(28)29-21(3,4)5/h15-18,25H,6-14H2,1-5H3,(H,23,27)(H,24,28). The zero-order valence-corrected chi connectivity index (χ0v) is 18.8. The maximum atomic E-state index is 13.0. The molecule has 4 fully saturated rings. The number of carbonyl (C=O) groups excluding carboxylic acids is 2. The molecule has 7 nitrogen and oxygen atoms in total. The third-order valence-corrected chi connectivity index (χ3v) is 6.47. The van der Waals surface area contributed by atoms with Crippen LogP contribution < -0.4 is 16.0 Å². The maximum absolute atomic E-state index is 13.0. The lowest BCUT2D eigenvalue weighted by atomic mass is 9.65. The van der Waals surface area contributed by atoms with Crippen LogP contribution in [-0.2, 0) is 9.53 Å². The average molecular weight is 409 g/mol. The van der Waals surface area contributed by atoms with Crippen molar-refractivity contribution in [2.24, 2.45) is 17.8 Å². The van der Waals surface area contributed by atoms with Crippen molar-refractivity contribution in [3.8, 4) is 0 Å². The van der Waals surface area contributed by atoms with E-state index in [0.717, 1.165) is 45.3 Å². The van der Waals surface area contributed by atoms with E-state index < -0.39 is 5.60 Å². The molecule has 0 spiro atoms. The Bertz CT molecular complexity index is 603. The highest BCUT2D eigenvalue weighted by Crippen LogP contribution is 2.48. The summed E-state index contributed by atoms with van der Waals surface area (Å²) in [5.74, 6) is 2.19. The van der Waals surface area contributed by atoms with Crippen LogP contribution in [0.25, 0.3) is 0 Å². The summed E-state index contributed by atoms with van der Waals surface area (Å²) >= 11 is 0. The summed E-state index contributed by atoms with van der Waals surface area (Å²) in [6.07, 6.45) is 3.18. The van der Waals surface area contributed by atoms with Crippen LogP contribution in [0.5, 0.6) is 0 Å². The van der Waals surface area contributed by atoms with Crippen LogP contribution >= 0.6 is 0 Å². The predicted molar refractivity (Wildman–Crippen MR) is 114 cm³/mol. The van der Waals surface area contributed by atoms with E-state index in [9.17, 15) is 9.59 Å². The number of carbonyl (C=O) groups is 2. The van der Waals surface area contributed by atoms with Crippen molar-refractivity contribution in [1.82, 2.24) is 20.9 Å². The molecule has 0 aromatic rings. The number of nitrogens with one attached hydrogen (secondary N) is 3. The summed E-state index contributed by atoms with van der Waals surface area (Å²) in [6, 6.07) is 0.557. The molecule has 0 aromatic carbocycles. The van der Waals surface area contributed by atoms with Gasteiger partial charge >= 0.3 is 6.09 Å². The number of fused-ring (bicyclic) bond motifs is 1. The molecule has 1 saturated carbocycles. The Labute approximate surface area is 175 Å². The van der Waals surface area contributed by atoms with Crippen LogP contribution in [-0.4, -0.2) is 66.8 Å². The van der Waals surface area contributed by atoms with E-state index in [4.69, 9.17) is 4.74 Å². The second-order valence-electron chi connectivity index (χ2n) is 10.6. The molecule has 2 amide bonds. The second-order valence-corrected chi connectivity index (χ2v) is 10.6. The summed E-state index contributed by atoms with van der Waals surface area (Å²) in [6.45, 7) is 14.6. The molecule has 29 heavy (non-hydrogen) atoms. The number of ether oxygens (including phenoxy) is 1. The van der Waals surface area contributed by atoms with Crippen molar-refractivity contribution in [2.75, 3.05) is 32.7 Å². The lowest BCUT2D eigenvalue weighted by Gasteiger charge is -2.50. The molecule has 3 saturated heterocycles. The topological polar surface area (TPSA) is 82.7 Å². The zero-order valence-electron chi connectivity index (χ0n) is 18.8. The minimum absolute atomic E-state index is 0.164. The smallest absolute Gasteiger partial charge is 0.407 e. The van der Waals surface area contributed by atoms with Crippen LogP contribution in [0.2, 0.25) is 0 Å². The van der Waals surface area contributed by atoms with Crippen molar-refractivity contribution in [3.63, 3.8) is 0 Å². The van der Waals surface area contributed by atoms with Gasteiger partial charge in [-0.25, -0.2) is 4.79 Å². The van der Waals surface area contributed by atoms with Gasteiger partial charge in [0.25, 0.3) is 0 Å². The van der Waals surface area contributed by atoms with Crippen molar-refractivity contribution in [3.05, 3.63) is 0 Å². The van der Waals surface area contributed by atoms with Crippen LogP contribution in [0.4, 0.5) is 4.79 Å². The number of amides is 2. The van der Waals surface area contributed by atoms with Gasteiger partial charge in [0.1, 0.15) is 5.60 Å². The molecule has 4 bridgehead atoms. The van der Waals surface area contributed by atoms with E-state index in [1.807, 2.05) is 20.8 Å². The number of piperidine rings is 2. The lowest BCUT2D eigenvalue weighted by Crippen LogP contribution is -2.68. The zero-order chi connectivity index (χ0) is 21.2. The SMILES string of the molecule is CC(C)CN1CC2CC3(C(=O)NCCCCNC(=O)OC(C)(C)C)CC1C2CN3. The fraction of sp³-hybridized carbons (Fsp3) is 0.909. The molecule has 0 radical (unpaired) electrons. The van der Waals surface area contributed by atoms with Crippen LogP contribution in [0.3, 0.4) is 0 Å². The molecular formula is C22H40N4O3. The summed E-state index contributed by atoms with van der Waals surface area (Å²) < 4.78 is 5.22. The van der Waals surface area contributed by atoms with Gasteiger partial charge in [0.15, 0.2) is 0 Å². The minimum atomic E-state index is -0.479. The molecule has 3 heterocycles. The first kappa shape index (κ1) is 22.3. The minimum Gasteiger partial charge on any atom is -0.444 e. The second kappa shape index (κ2) is 8.80. The van der Waals surface area contributed by atoms with Gasteiger partial charge in [-0.2, -0.15) is 0 Å². The number of nitrogens with zero attached hydrogens (tertiary/aromatic N) is 1. The predicted octanol–water partition coefficient (Wildman–Crippen LogP) is 2.12. The third-order valence-electron chi connectivity index (χ3n) is 6.47. The van der Waals surface area contributed by atoms with Gasteiger partial charge in [0.2, 0.25) is 5.91 Å². The number of rotatable bonds is 8. The fourth-order valence-corrected chi connectivity index (χ4v) is 5.37. The molecule has 166 valence electrons. The number of likely N-dealkylation sites (tertiary alicyclic amines) is 1. The van der Waals surface area contributed by atoms with E-state index in [0.29, 0.717) is 36.9 Å². The highest BCUT2D eigenvalue weighted by atomic mass is 16.6. The van der Waals surface area contributed by atoms with Gasteiger partial charge in [-0.3, -0.25) is 9.69 Å². The summed E-state index contributed by atoms with van der Waals surface area (Å²) in [4.78, 5) is 27.3. The van der Waals surface area contributed by atoms with E-state index in [1.165, 1.54) is 0 Å². The van der Waals surface area contributed by atoms with Crippen molar-refractivity contribution >= 4 is 12.0 Å². The van der Waals surface area contributed by atoms with Gasteiger partial charge < -0.3 is 20.7 Å². The van der Waals surface area contributed by atoms with Crippen molar-refractivity contribution in [1.29, 1.82) is 0 Å². The van der Waals surface area contributed by atoms with Crippen LogP contribution in [0.1, 0.15) is 60.3 Å². The number of alkyl carbamates (subject to hydrolysis) is 1. The maximum Gasteiger partial charge on any atom is 0.407 e. The number of unbranched alkanes of at least 4 members (excludes halogenated alkanes) is 1. The number of hydrogen-bond acceptors (Lipinski definition) is 5. The lowest BCUT2D eigenvalue weighted by molar-refractivity contribution is -0.133. The Balaban J connectivity index is 1.39. The molecule has 0 aromatic heterocycles. The highest BCUT2D eigenvalue weighted by molar-refractivity contribution is 5.87. The van der Waals surface area contributed by atoms with Gasteiger partial charge in [0, 0.05) is 38.8 Å². The largest absolute Gasteiger partial charge is 0.444 e. The Kier molecular flexibility index (Phi) is 6.78. The fourth-order valence-electron chi connectivity index (χ4n) is 5.37. The molecule has 3 aliphatic heterocycles. The summed E-state index contributed by atoms with van der Waals surface area (Å²) in [7, 11) is 0. The monoisotopic (exact) mass is 408 g/mol. The highest BCUT2D eigenvalue weighted by Gasteiger charge is 2.59. The quantitative estimate of drug-likeness (QED) is 0.536. The molecule has 1 aliphatic carbocycles. The Morgan fingerprint density at radius 3 is 2.52 bits per heavy atom. The van der Waals surface area contributed by atoms with Crippen LogP contribution in [0, 0.1) is 17.8 Å². The summed E-state index contributed by atoms with van der Waals surface area (Å²) in [5, 5.41) is 9.50. The van der Waals surface area contributed by atoms with E-state index >= 15 is 0 Å². The normalized spacial score (nSPS) is 31.2. The Hall–Kier alpha value is -1.34. The van der Waals surface area contributed by atoms with Crippen molar-refractivity contribution < 1.29 is 14.3 Å². The first-order chi connectivity index (χ1) is 13.6. The summed E-state index contributed by atoms with van der Waals surface area (Å²) in [5.41, 5.74) is -0.863. The number of hydrogen-bond donors (Lipinski definition) is 3. The Morgan fingerprint density at radius 1 is 1.17 bits per heavy atom. The van der Waals surface area contributed by atoms with E-state index in [-0.39, 0.29) is 17.5 Å². The molecule has 3 N–H and O–H groups in total. The van der Waals surface area contributed by atoms with Gasteiger partial charge in [-0.1, -0.05) is 13.8 Å². The molecule has 7 heteroatoms. The first-order valence-electron chi connectivity index (χ1n) is 11.3. The van der Waals surface area contributed by atoms with Gasteiger partial charge in [-0.15, -0.1) is 0 Å². The molecule has 4 rings (SSSR count). The first-order valence-corrected chi connectivity index (χ1v) is 11.3. The van der Waals surface area contributed by atoms with E-state index in [2.05, 4.69) is 34.7 Å². The third kappa shape index (κ3) is 5.43. The van der Waals surface area contributed by atoms with Crippen LogP contribution in [0.15, 0.2) is 0 Å². The van der Waals surface area contributed by atoms with Gasteiger partial charge in [0.05, 0.1) is 5.54 Å².